The fraction of sp³-hybridized carbons (Fsp3) is 0.174. The lowest BCUT2D eigenvalue weighted by atomic mass is 9.76. The molecule has 0 spiro atoms. The molecule has 0 amide bonds. The highest BCUT2D eigenvalue weighted by Crippen LogP contribution is 2.64. The highest BCUT2D eigenvalue weighted by atomic mass is 14.4. The SMILES string of the molecule is CC(C)(C)c1cc(-c2c3ccc(-c4ccccc4)cc3c(-c3cc(C(C)(C)C)cc(C(C)(C)C)c3)c3cc4c(cc23)-c2ccc3c5c(ccc-4c25)-c2c-3c(-c3ccccc3-c3ccccc3)c3ccccc3c2-c2ccccc2-c2ccccc2)cc(C(C)(C)C)c1. The van der Waals surface area contributed by atoms with Gasteiger partial charge in [-0.1, -0.05) is 320 Å². The quantitative estimate of drug-likeness (QED) is 0.140. The van der Waals surface area contributed by atoms with Crippen molar-refractivity contribution in [3.05, 3.63) is 277 Å². The van der Waals surface area contributed by atoms with Crippen molar-refractivity contribution in [1.82, 2.24) is 0 Å². The fourth-order valence-corrected chi connectivity index (χ4v) is 15.5. The lowest BCUT2D eigenvalue weighted by Crippen LogP contribution is -2.16. The molecule has 0 aliphatic heterocycles. The summed E-state index contributed by atoms with van der Waals surface area (Å²) in [5.74, 6) is 0. The van der Waals surface area contributed by atoms with E-state index in [1.807, 2.05) is 0 Å². The van der Waals surface area contributed by atoms with Crippen LogP contribution in [0.2, 0.25) is 0 Å². The Balaban J connectivity index is 1.06. The van der Waals surface area contributed by atoms with Crippen LogP contribution in [-0.2, 0) is 21.7 Å². The van der Waals surface area contributed by atoms with Gasteiger partial charge in [-0.05, 0) is 228 Å². The summed E-state index contributed by atoms with van der Waals surface area (Å²) < 4.78 is 0. The van der Waals surface area contributed by atoms with E-state index in [4.69, 9.17) is 0 Å². The summed E-state index contributed by atoms with van der Waals surface area (Å²) in [7, 11) is 0. The molecular formula is C92H78. The maximum Gasteiger partial charge on any atom is -0.000718 e. The molecule has 16 rings (SSSR count). The monoisotopic (exact) mass is 1180 g/mol. The summed E-state index contributed by atoms with van der Waals surface area (Å²) >= 11 is 0. The molecule has 2 aliphatic carbocycles. The third kappa shape index (κ3) is 9.15. The van der Waals surface area contributed by atoms with Gasteiger partial charge in [-0.25, -0.2) is 0 Å². The van der Waals surface area contributed by atoms with E-state index in [1.54, 1.807) is 0 Å². The van der Waals surface area contributed by atoms with E-state index in [9.17, 15) is 0 Å². The zero-order chi connectivity index (χ0) is 63.3. The lowest BCUT2D eigenvalue weighted by molar-refractivity contribution is 0.568. The van der Waals surface area contributed by atoms with Crippen molar-refractivity contribution >= 4 is 43.1 Å². The third-order valence-corrected chi connectivity index (χ3v) is 20.3. The molecule has 0 atom stereocenters. The van der Waals surface area contributed by atoms with Crippen molar-refractivity contribution in [2.75, 3.05) is 0 Å². The number of hydrogen-bond donors (Lipinski definition) is 0. The average Bonchev–Trinajstić information content (AvgIpc) is 1.49. The van der Waals surface area contributed by atoms with Gasteiger partial charge in [-0.15, -0.1) is 0 Å². The Labute approximate surface area is 543 Å². The van der Waals surface area contributed by atoms with Crippen LogP contribution in [0.3, 0.4) is 0 Å². The van der Waals surface area contributed by atoms with E-state index in [-0.39, 0.29) is 21.7 Å². The average molecular weight is 1180 g/mol. The van der Waals surface area contributed by atoms with Crippen LogP contribution in [0.15, 0.2) is 255 Å². The predicted molar refractivity (Wildman–Crippen MR) is 398 cm³/mol. The Bertz CT molecular complexity index is 5170. The molecule has 0 unspecified atom stereocenters. The topological polar surface area (TPSA) is 0 Å². The largest absolute Gasteiger partial charge is 0.0622 e. The van der Waals surface area contributed by atoms with Gasteiger partial charge in [-0.3, -0.25) is 0 Å². The molecule has 0 heterocycles. The summed E-state index contributed by atoms with van der Waals surface area (Å²) in [5, 5.41) is 10.3. The number of benzene rings is 14. The third-order valence-electron chi connectivity index (χ3n) is 20.3. The molecule has 0 bridgehead atoms. The molecule has 0 radical (unpaired) electrons. The van der Waals surface area contributed by atoms with Crippen LogP contribution in [0.4, 0.5) is 0 Å². The maximum atomic E-state index is 2.63. The zero-order valence-electron chi connectivity index (χ0n) is 55.2. The first-order chi connectivity index (χ1) is 44.2. The van der Waals surface area contributed by atoms with Gasteiger partial charge in [0, 0.05) is 0 Å². The van der Waals surface area contributed by atoms with E-state index in [0.29, 0.717) is 0 Å². The normalized spacial score (nSPS) is 12.8. The Hall–Kier alpha value is -9.88. The minimum absolute atomic E-state index is 0.0879. The van der Waals surface area contributed by atoms with Crippen LogP contribution in [0, 0.1) is 0 Å². The minimum Gasteiger partial charge on any atom is -0.0622 e. The minimum atomic E-state index is -0.0931. The lowest BCUT2D eigenvalue weighted by Gasteiger charge is -2.28. The van der Waals surface area contributed by atoms with Crippen molar-refractivity contribution < 1.29 is 0 Å². The summed E-state index contributed by atoms with van der Waals surface area (Å²) in [6.45, 7) is 28.5. The Morgan fingerprint density at radius 1 is 0.163 bits per heavy atom. The molecule has 14 aromatic rings. The summed E-state index contributed by atoms with van der Waals surface area (Å²) in [4.78, 5) is 0. The second-order valence-corrected chi connectivity index (χ2v) is 30.4. The van der Waals surface area contributed by atoms with Crippen LogP contribution < -0.4 is 0 Å². The summed E-state index contributed by atoms with van der Waals surface area (Å²) in [6.07, 6.45) is 0. The molecule has 0 aromatic heterocycles. The van der Waals surface area contributed by atoms with Gasteiger partial charge in [0.05, 0.1) is 0 Å². The summed E-state index contributed by atoms with van der Waals surface area (Å²) in [5.41, 5.74) is 32.8. The summed E-state index contributed by atoms with van der Waals surface area (Å²) in [6, 6.07) is 98.2. The Morgan fingerprint density at radius 2 is 0.478 bits per heavy atom. The second kappa shape index (κ2) is 20.8. The van der Waals surface area contributed by atoms with Crippen molar-refractivity contribution in [3.8, 4) is 122 Å². The van der Waals surface area contributed by atoms with Gasteiger partial charge in [0.25, 0.3) is 0 Å². The van der Waals surface area contributed by atoms with Crippen molar-refractivity contribution in [3.63, 3.8) is 0 Å². The number of fused-ring (bicyclic) bond motifs is 9. The van der Waals surface area contributed by atoms with Gasteiger partial charge in [-0.2, -0.15) is 0 Å². The first-order valence-electron chi connectivity index (χ1n) is 33.1. The first-order valence-corrected chi connectivity index (χ1v) is 33.1. The van der Waals surface area contributed by atoms with Crippen molar-refractivity contribution in [1.29, 1.82) is 0 Å². The molecule has 0 N–H and O–H groups in total. The van der Waals surface area contributed by atoms with E-state index < -0.39 is 0 Å². The van der Waals surface area contributed by atoms with E-state index in [1.165, 1.54) is 188 Å². The first kappa shape index (κ1) is 57.3. The molecule has 92 heavy (non-hydrogen) atoms. The molecular weight excluding hydrogens is 1110 g/mol. The molecule has 0 fully saturated rings. The Morgan fingerprint density at radius 3 is 0.880 bits per heavy atom. The van der Waals surface area contributed by atoms with E-state index in [0.717, 1.165) is 0 Å². The van der Waals surface area contributed by atoms with E-state index >= 15 is 0 Å². The predicted octanol–water partition coefficient (Wildman–Crippen LogP) is 26.5. The van der Waals surface area contributed by atoms with Gasteiger partial charge in [0.15, 0.2) is 0 Å². The van der Waals surface area contributed by atoms with E-state index in [2.05, 4.69) is 338 Å². The van der Waals surface area contributed by atoms with Crippen LogP contribution in [-0.4, -0.2) is 0 Å². The van der Waals surface area contributed by atoms with Crippen molar-refractivity contribution in [2.45, 2.75) is 105 Å². The molecule has 2 aliphatic rings. The molecule has 0 saturated carbocycles. The van der Waals surface area contributed by atoms with Gasteiger partial charge < -0.3 is 0 Å². The second-order valence-electron chi connectivity index (χ2n) is 30.4. The molecule has 446 valence electrons. The molecule has 0 heteroatoms. The van der Waals surface area contributed by atoms with Crippen molar-refractivity contribution in [2.24, 2.45) is 0 Å². The number of hydrogen-bond acceptors (Lipinski definition) is 0. The smallest absolute Gasteiger partial charge is 0.000718 e. The number of rotatable bonds is 7. The van der Waals surface area contributed by atoms with Gasteiger partial charge in [0.1, 0.15) is 0 Å². The standard InChI is InChI=1S/C92H78/c1-89(2,3)61-46-59(47-62(51-61)90(4,5)6)81-73-41-40-58(55-28-16-13-17-29-55)50-78(73)82(60-48-63(91(7,8)9)52-64(49-60)92(10,11)12)80-54-77-72-43-45-75-86-74(44-42-71(83(72)86)76(77)53-79(80)81)87-84(67-36-24-22-34-65(67)56-30-18-14-19-31-56)69-38-26-27-39-70(69)85(88(75)87)68-37-25-23-35-66(68)57-32-20-15-21-33-57/h13-54H,1-12H3. The van der Waals surface area contributed by atoms with Crippen LogP contribution in [0.1, 0.15) is 105 Å². The molecule has 14 aromatic carbocycles. The van der Waals surface area contributed by atoms with Crippen LogP contribution in [0.5, 0.6) is 0 Å². The highest BCUT2D eigenvalue weighted by molar-refractivity contribution is 6.34. The highest BCUT2D eigenvalue weighted by Gasteiger charge is 2.37. The Kier molecular flexibility index (Phi) is 13.0. The van der Waals surface area contributed by atoms with Crippen LogP contribution in [0.25, 0.3) is 165 Å². The maximum absolute atomic E-state index is 2.63. The zero-order valence-corrected chi connectivity index (χ0v) is 55.2. The molecule has 0 saturated heterocycles. The van der Waals surface area contributed by atoms with Crippen LogP contribution >= 0.6 is 0 Å². The fourth-order valence-electron chi connectivity index (χ4n) is 15.5. The molecule has 0 nitrogen and oxygen atoms in total. The van der Waals surface area contributed by atoms with Gasteiger partial charge >= 0.3 is 0 Å². The van der Waals surface area contributed by atoms with Gasteiger partial charge in [0.2, 0.25) is 0 Å².